The minimum absolute atomic E-state index is 0.0403. The monoisotopic (exact) mass is 267 g/mol. The molecule has 0 unspecified atom stereocenters. The molecule has 108 valence electrons. The smallest absolute Gasteiger partial charge is 0.315 e. The first-order chi connectivity index (χ1) is 9.25. The number of rotatable bonds is 3. The van der Waals surface area contributed by atoms with Crippen molar-refractivity contribution in [3.63, 3.8) is 0 Å². The molecule has 19 heavy (non-hydrogen) atoms. The summed E-state index contributed by atoms with van der Waals surface area (Å²) >= 11 is 0. The summed E-state index contributed by atoms with van der Waals surface area (Å²) in [7, 11) is 0. The average Bonchev–Trinajstić information content (AvgIpc) is 2.47. The zero-order valence-corrected chi connectivity index (χ0v) is 11.6. The van der Waals surface area contributed by atoms with Crippen LogP contribution in [-0.2, 0) is 4.79 Å². The maximum atomic E-state index is 11.9. The fourth-order valence-corrected chi connectivity index (χ4v) is 2.89. The van der Waals surface area contributed by atoms with Gasteiger partial charge in [-0.2, -0.15) is 0 Å². The summed E-state index contributed by atoms with van der Waals surface area (Å²) in [6.45, 7) is 1.80. The van der Waals surface area contributed by atoms with Crippen molar-refractivity contribution >= 4 is 11.9 Å². The number of nitrogens with one attached hydrogen (secondary N) is 2. The Hall–Kier alpha value is -1.26. The number of carbonyl (C=O) groups is 2. The lowest BCUT2D eigenvalue weighted by molar-refractivity contribution is -0.130. The maximum Gasteiger partial charge on any atom is 0.315 e. The molecule has 2 rings (SSSR count). The third-order valence-corrected chi connectivity index (χ3v) is 4.05. The summed E-state index contributed by atoms with van der Waals surface area (Å²) in [5.41, 5.74) is 0. The van der Waals surface area contributed by atoms with Crippen LogP contribution in [0, 0.1) is 0 Å². The van der Waals surface area contributed by atoms with Crippen molar-refractivity contribution in [2.75, 3.05) is 19.6 Å². The largest absolute Gasteiger partial charge is 0.341 e. The second-order valence-electron chi connectivity index (χ2n) is 5.60. The molecule has 5 heteroatoms. The van der Waals surface area contributed by atoms with Crippen LogP contribution >= 0.6 is 0 Å². The van der Waals surface area contributed by atoms with E-state index in [0.717, 1.165) is 38.8 Å². The van der Waals surface area contributed by atoms with Crippen molar-refractivity contribution in [3.8, 4) is 0 Å². The van der Waals surface area contributed by atoms with Crippen molar-refractivity contribution < 1.29 is 9.59 Å². The van der Waals surface area contributed by atoms with Crippen molar-refractivity contribution in [2.45, 2.75) is 57.4 Å². The van der Waals surface area contributed by atoms with Crippen LogP contribution in [0.15, 0.2) is 0 Å². The van der Waals surface area contributed by atoms with Gasteiger partial charge in [0.05, 0.1) is 6.54 Å². The SMILES string of the molecule is O=C(NCC(=O)N1CCCCC1)NC1CCCCC1. The molecule has 2 aliphatic rings. The highest BCUT2D eigenvalue weighted by atomic mass is 16.2. The van der Waals surface area contributed by atoms with Gasteiger partial charge in [0, 0.05) is 19.1 Å². The molecule has 1 aliphatic carbocycles. The number of amides is 3. The number of hydrogen-bond acceptors (Lipinski definition) is 2. The number of likely N-dealkylation sites (tertiary alicyclic amines) is 1. The van der Waals surface area contributed by atoms with Gasteiger partial charge in [0.25, 0.3) is 0 Å². The Bertz CT molecular complexity index is 308. The molecule has 0 aromatic heterocycles. The predicted molar refractivity (Wildman–Crippen MR) is 73.8 cm³/mol. The van der Waals surface area contributed by atoms with E-state index in [1.54, 1.807) is 0 Å². The lowest BCUT2D eigenvalue weighted by Gasteiger charge is -2.27. The Morgan fingerprint density at radius 1 is 0.947 bits per heavy atom. The van der Waals surface area contributed by atoms with E-state index >= 15 is 0 Å². The third kappa shape index (κ3) is 4.73. The van der Waals surface area contributed by atoms with E-state index in [0.29, 0.717) is 6.04 Å². The normalized spacial score (nSPS) is 20.9. The molecule has 2 N–H and O–H groups in total. The van der Waals surface area contributed by atoms with Gasteiger partial charge in [-0.25, -0.2) is 4.79 Å². The van der Waals surface area contributed by atoms with Gasteiger partial charge in [0.1, 0.15) is 0 Å². The summed E-state index contributed by atoms with van der Waals surface area (Å²) in [5.74, 6) is 0.0403. The third-order valence-electron chi connectivity index (χ3n) is 4.05. The number of urea groups is 1. The average molecular weight is 267 g/mol. The van der Waals surface area contributed by atoms with Gasteiger partial charge in [-0.15, -0.1) is 0 Å². The van der Waals surface area contributed by atoms with Crippen LogP contribution in [0.3, 0.4) is 0 Å². The van der Waals surface area contributed by atoms with Crippen LogP contribution in [0.4, 0.5) is 4.79 Å². The van der Waals surface area contributed by atoms with E-state index in [1.165, 1.54) is 25.7 Å². The highest BCUT2D eigenvalue weighted by Gasteiger charge is 2.18. The van der Waals surface area contributed by atoms with Crippen LogP contribution in [0.1, 0.15) is 51.4 Å². The number of hydrogen-bond donors (Lipinski definition) is 2. The molecule has 0 aromatic rings. The van der Waals surface area contributed by atoms with Gasteiger partial charge in [0.15, 0.2) is 0 Å². The highest BCUT2D eigenvalue weighted by Crippen LogP contribution is 2.17. The van der Waals surface area contributed by atoms with Crippen molar-refractivity contribution in [3.05, 3.63) is 0 Å². The minimum Gasteiger partial charge on any atom is -0.341 e. The molecule has 1 saturated carbocycles. The van der Waals surface area contributed by atoms with E-state index in [-0.39, 0.29) is 18.5 Å². The Kier molecular flexibility index (Phi) is 5.48. The topological polar surface area (TPSA) is 61.4 Å². The van der Waals surface area contributed by atoms with Gasteiger partial charge in [0.2, 0.25) is 5.91 Å². The lowest BCUT2D eigenvalue weighted by atomic mass is 9.96. The van der Waals surface area contributed by atoms with Crippen molar-refractivity contribution in [1.29, 1.82) is 0 Å². The summed E-state index contributed by atoms with van der Waals surface area (Å²) in [6.07, 6.45) is 9.16. The second kappa shape index (κ2) is 7.36. The molecule has 0 spiro atoms. The maximum absolute atomic E-state index is 11.9. The van der Waals surface area contributed by atoms with Crippen LogP contribution in [0.5, 0.6) is 0 Å². The summed E-state index contributed by atoms with van der Waals surface area (Å²) < 4.78 is 0. The van der Waals surface area contributed by atoms with E-state index in [9.17, 15) is 9.59 Å². The molecule has 5 nitrogen and oxygen atoms in total. The van der Waals surface area contributed by atoms with Crippen LogP contribution in [-0.4, -0.2) is 42.5 Å². The Morgan fingerprint density at radius 3 is 2.26 bits per heavy atom. The van der Waals surface area contributed by atoms with E-state index in [2.05, 4.69) is 10.6 Å². The number of nitrogens with zero attached hydrogens (tertiary/aromatic N) is 1. The van der Waals surface area contributed by atoms with E-state index < -0.39 is 0 Å². The molecule has 0 radical (unpaired) electrons. The Labute approximate surface area is 115 Å². The van der Waals surface area contributed by atoms with Crippen molar-refractivity contribution in [2.24, 2.45) is 0 Å². The molecule has 0 atom stereocenters. The van der Waals surface area contributed by atoms with Gasteiger partial charge >= 0.3 is 6.03 Å². The quantitative estimate of drug-likeness (QED) is 0.816. The molecule has 1 saturated heterocycles. The zero-order valence-electron chi connectivity index (χ0n) is 11.6. The fourth-order valence-electron chi connectivity index (χ4n) is 2.89. The standard InChI is InChI=1S/C14H25N3O2/c18-13(17-9-5-2-6-10-17)11-15-14(19)16-12-7-3-1-4-8-12/h12H,1-11H2,(H2,15,16,19). The molecule has 0 bridgehead atoms. The summed E-state index contributed by atoms with van der Waals surface area (Å²) in [4.78, 5) is 25.4. The van der Waals surface area contributed by atoms with Gasteiger partial charge in [-0.05, 0) is 32.1 Å². The lowest BCUT2D eigenvalue weighted by Crippen LogP contribution is -2.47. The van der Waals surface area contributed by atoms with E-state index in [4.69, 9.17) is 0 Å². The molecule has 3 amide bonds. The molecule has 1 heterocycles. The molecule has 0 aromatic carbocycles. The van der Waals surface area contributed by atoms with Crippen LogP contribution < -0.4 is 10.6 Å². The van der Waals surface area contributed by atoms with Crippen LogP contribution in [0.25, 0.3) is 0 Å². The number of piperidine rings is 1. The van der Waals surface area contributed by atoms with Gasteiger partial charge < -0.3 is 15.5 Å². The minimum atomic E-state index is -0.197. The van der Waals surface area contributed by atoms with E-state index in [1.807, 2.05) is 4.90 Å². The molecular weight excluding hydrogens is 242 g/mol. The Morgan fingerprint density at radius 2 is 1.58 bits per heavy atom. The first kappa shape index (κ1) is 14.2. The van der Waals surface area contributed by atoms with Gasteiger partial charge in [-0.1, -0.05) is 19.3 Å². The predicted octanol–water partition coefficient (Wildman–Crippen LogP) is 1.63. The Balaban J connectivity index is 1.63. The molecular formula is C14H25N3O2. The fraction of sp³-hybridized carbons (Fsp3) is 0.857. The first-order valence-corrected chi connectivity index (χ1v) is 7.58. The van der Waals surface area contributed by atoms with Crippen molar-refractivity contribution in [1.82, 2.24) is 15.5 Å². The van der Waals surface area contributed by atoms with Crippen LogP contribution in [0.2, 0.25) is 0 Å². The van der Waals surface area contributed by atoms with Gasteiger partial charge in [-0.3, -0.25) is 4.79 Å². The summed E-state index contributed by atoms with van der Waals surface area (Å²) in [5, 5.41) is 5.64. The molecule has 1 aliphatic heterocycles. The zero-order chi connectivity index (χ0) is 13.5. The number of carbonyl (C=O) groups excluding carboxylic acids is 2. The second-order valence-corrected chi connectivity index (χ2v) is 5.60. The highest BCUT2D eigenvalue weighted by molar-refractivity contribution is 5.84. The molecule has 2 fully saturated rings. The first-order valence-electron chi connectivity index (χ1n) is 7.58. The summed E-state index contributed by atoms with van der Waals surface area (Å²) in [6, 6.07) is 0.0936.